The summed E-state index contributed by atoms with van der Waals surface area (Å²) in [7, 11) is 1.51. The lowest BCUT2D eigenvalue weighted by molar-refractivity contribution is 0.0735. The van der Waals surface area contributed by atoms with Gasteiger partial charge in [-0.2, -0.15) is 5.10 Å². The van der Waals surface area contributed by atoms with Crippen LogP contribution < -0.4 is 15.2 Å². The second kappa shape index (κ2) is 10.4. The Morgan fingerprint density at radius 3 is 2.69 bits per heavy atom. The third-order valence-corrected chi connectivity index (χ3v) is 5.41. The lowest BCUT2D eigenvalue weighted by Gasteiger charge is -2.09. The van der Waals surface area contributed by atoms with E-state index >= 15 is 0 Å². The number of carbonyl (C=O) groups excluding carboxylic acids is 1. The molecule has 148 valence electrons. The number of benzene rings is 2. The molecule has 6 nitrogen and oxygen atoms in total. The summed E-state index contributed by atoms with van der Waals surface area (Å²) in [6.07, 6.45) is 1.56. The van der Waals surface area contributed by atoms with Gasteiger partial charge >= 0.3 is 5.97 Å². The molecule has 0 spiro atoms. The molecular weight excluding hydrogens is 406 g/mol. The first-order valence-corrected chi connectivity index (χ1v) is 10.5. The lowest BCUT2D eigenvalue weighted by atomic mass is 10.2. The highest BCUT2D eigenvalue weighted by atomic mass is 32.2. The van der Waals surface area contributed by atoms with Crippen molar-refractivity contribution < 1.29 is 14.3 Å². The normalized spacial score (nSPS) is 11.6. The zero-order chi connectivity index (χ0) is 20.5. The van der Waals surface area contributed by atoms with Crippen LogP contribution in [0.5, 0.6) is 11.5 Å². The topological polar surface area (TPSA) is 86.3 Å². The third-order valence-electron chi connectivity index (χ3n) is 3.71. The van der Waals surface area contributed by atoms with Gasteiger partial charge in [-0.15, -0.1) is 16.4 Å². The number of thioether (sulfide) groups is 1. The molecule has 0 saturated heterocycles. The van der Waals surface area contributed by atoms with E-state index in [0.29, 0.717) is 21.5 Å². The minimum atomic E-state index is -0.424. The van der Waals surface area contributed by atoms with Crippen molar-refractivity contribution in [3.05, 3.63) is 82.0 Å². The Morgan fingerprint density at radius 1 is 1.14 bits per heavy atom. The SMILES string of the molecule is COc1cc(C=NN=C(N)SCc2ccccc2)ccc1OC(=O)c1cccs1. The second-order valence-corrected chi connectivity index (χ2v) is 7.68. The van der Waals surface area contributed by atoms with Gasteiger partial charge in [0.1, 0.15) is 4.88 Å². The molecule has 3 aromatic rings. The third kappa shape index (κ3) is 6.20. The number of ether oxygens (including phenoxy) is 2. The van der Waals surface area contributed by atoms with Crippen molar-refractivity contribution in [2.75, 3.05) is 7.11 Å². The van der Waals surface area contributed by atoms with E-state index in [1.807, 2.05) is 35.7 Å². The molecule has 0 amide bonds. The van der Waals surface area contributed by atoms with Gasteiger partial charge in [-0.05, 0) is 40.8 Å². The van der Waals surface area contributed by atoms with Gasteiger partial charge in [0.2, 0.25) is 0 Å². The van der Waals surface area contributed by atoms with E-state index in [0.717, 1.165) is 16.9 Å². The molecule has 8 heteroatoms. The Morgan fingerprint density at radius 2 is 1.97 bits per heavy atom. The van der Waals surface area contributed by atoms with Gasteiger partial charge in [-0.1, -0.05) is 48.2 Å². The molecule has 29 heavy (non-hydrogen) atoms. The standard InChI is InChI=1S/C21H19N3O3S2/c1-26-18-12-16(9-10-17(18)27-20(25)19-8-5-11-28-19)13-23-24-21(22)29-14-15-6-3-2-4-7-15/h2-13H,14H2,1H3,(H2,22,24). The predicted molar refractivity (Wildman–Crippen MR) is 119 cm³/mol. The van der Waals surface area contributed by atoms with Gasteiger partial charge in [0.05, 0.1) is 13.3 Å². The van der Waals surface area contributed by atoms with Gasteiger partial charge in [0, 0.05) is 5.75 Å². The van der Waals surface area contributed by atoms with Crippen LogP contribution in [0.1, 0.15) is 20.8 Å². The molecule has 0 aliphatic heterocycles. The molecule has 2 N–H and O–H groups in total. The lowest BCUT2D eigenvalue weighted by Crippen LogP contribution is -2.07. The molecule has 1 heterocycles. The van der Waals surface area contributed by atoms with Crippen LogP contribution in [0.3, 0.4) is 0 Å². The number of rotatable bonds is 7. The number of hydrogen-bond acceptors (Lipinski definition) is 7. The van der Waals surface area contributed by atoms with Gasteiger partial charge in [0.15, 0.2) is 16.7 Å². The van der Waals surface area contributed by atoms with E-state index in [1.54, 1.807) is 36.5 Å². The van der Waals surface area contributed by atoms with Gasteiger partial charge < -0.3 is 15.2 Å². The molecule has 0 aliphatic rings. The van der Waals surface area contributed by atoms with Crippen molar-refractivity contribution in [2.24, 2.45) is 15.9 Å². The smallest absolute Gasteiger partial charge is 0.353 e. The fourth-order valence-electron chi connectivity index (χ4n) is 2.31. The van der Waals surface area contributed by atoms with Crippen molar-refractivity contribution in [3.63, 3.8) is 0 Å². The Bertz CT molecular complexity index is 1000. The summed E-state index contributed by atoms with van der Waals surface area (Å²) in [6, 6.07) is 18.6. The number of amidine groups is 1. The van der Waals surface area contributed by atoms with Crippen molar-refractivity contribution >= 4 is 40.5 Å². The number of esters is 1. The maximum absolute atomic E-state index is 12.1. The van der Waals surface area contributed by atoms with Gasteiger partial charge in [0.25, 0.3) is 0 Å². The van der Waals surface area contributed by atoms with Gasteiger partial charge in [-0.25, -0.2) is 4.79 Å². The highest BCUT2D eigenvalue weighted by Crippen LogP contribution is 2.29. The van der Waals surface area contributed by atoms with Crippen molar-refractivity contribution in [1.82, 2.24) is 0 Å². The van der Waals surface area contributed by atoms with Crippen molar-refractivity contribution in [2.45, 2.75) is 5.75 Å². The first-order chi connectivity index (χ1) is 14.2. The van der Waals surface area contributed by atoms with E-state index < -0.39 is 5.97 Å². The number of nitrogens with zero attached hydrogens (tertiary/aromatic N) is 2. The number of thiophene rings is 1. The molecule has 0 atom stereocenters. The summed E-state index contributed by atoms with van der Waals surface area (Å²) in [5, 5.41) is 10.2. The summed E-state index contributed by atoms with van der Waals surface area (Å²) >= 11 is 2.73. The molecule has 0 unspecified atom stereocenters. The summed E-state index contributed by atoms with van der Waals surface area (Å²) in [6.45, 7) is 0. The van der Waals surface area contributed by atoms with Crippen molar-refractivity contribution in [1.29, 1.82) is 0 Å². The van der Waals surface area contributed by atoms with Crippen LogP contribution in [-0.2, 0) is 5.75 Å². The van der Waals surface area contributed by atoms with E-state index in [9.17, 15) is 4.79 Å². The van der Waals surface area contributed by atoms with E-state index in [-0.39, 0.29) is 0 Å². The van der Waals surface area contributed by atoms with E-state index in [4.69, 9.17) is 15.2 Å². The maximum atomic E-state index is 12.1. The van der Waals surface area contributed by atoms with Crippen LogP contribution in [0, 0.1) is 0 Å². The largest absolute Gasteiger partial charge is 0.493 e. The van der Waals surface area contributed by atoms with Gasteiger partial charge in [-0.3, -0.25) is 0 Å². The first-order valence-electron chi connectivity index (χ1n) is 8.62. The highest BCUT2D eigenvalue weighted by molar-refractivity contribution is 8.13. The second-order valence-electron chi connectivity index (χ2n) is 5.73. The monoisotopic (exact) mass is 425 g/mol. The quantitative estimate of drug-likeness (QED) is 0.197. The molecular formula is C21H19N3O3S2. The van der Waals surface area contributed by atoms with Crippen LogP contribution >= 0.6 is 23.1 Å². The maximum Gasteiger partial charge on any atom is 0.353 e. The van der Waals surface area contributed by atoms with E-state index in [2.05, 4.69) is 10.2 Å². The molecule has 1 aromatic heterocycles. The zero-order valence-electron chi connectivity index (χ0n) is 15.6. The average molecular weight is 426 g/mol. The number of nitrogens with two attached hydrogens (primary N) is 1. The molecule has 0 aliphatic carbocycles. The summed E-state index contributed by atoms with van der Waals surface area (Å²) in [5.74, 6) is 1.07. The zero-order valence-corrected chi connectivity index (χ0v) is 17.3. The first kappa shape index (κ1) is 20.6. The summed E-state index contributed by atoms with van der Waals surface area (Å²) in [5.41, 5.74) is 7.79. The fourth-order valence-corrected chi connectivity index (χ4v) is 3.52. The number of carbonyl (C=O) groups is 1. The van der Waals surface area contributed by atoms with Crippen LogP contribution in [0.4, 0.5) is 0 Å². The molecule has 0 bridgehead atoms. The van der Waals surface area contributed by atoms with E-state index in [1.165, 1.54) is 30.2 Å². The minimum Gasteiger partial charge on any atom is -0.493 e. The Kier molecular flexibility index (Phi) is 7.43. The Balaban J connectivity index is 1.61. The predicted octanol–water partition coefficient (Wildman–Crippen LogP) is 4.56. The molecule has 0 saturated carbocycles. The summed E-state index contributed by atoms with van der Waals surface area (Å²) in [4.78, 5) is 12.6. The van der Waals surface area contributed by atoms with Crippen LogP contribution in [0.2, 0.25) is 0 Å². The fraction of sp³-hybridized carbons (Fsp3) is 0.0952. The number of hydrogen-bond donors (Lipinski definition) is 1. The van der Waals surface area contributed by atoms with Crippen LogP contribution in [0.15, 0.2) is 76.2 Å². The minimum absolute atomic E-state index is 0.337. The number of methoxy groups -OCH3 is 1. The Hall–Kier alpha value is -3.10. The average Bonchev–Trinajstić information content (AvgIpc) is 3.29. The highest BCUT2D eigenvalue weighted by Gasteiger charge is 2.13. The van der Waals surface area contributed by atoms with Crippen LogP contribution in [0.25, 0.3) is 0 Å². The molecule has 2 aromatic carbocycles. The van der Waals surface area contributed by atoms with Crippen LogP contribution in [-0.4, -0.2) is 24.5 Å². The molecule has 0 fully saturated rings. The molecule has 0 radical (unpaired) electrons. The summed E-state index contributed by atoms with van der Waals surface area (Å²) < 4.78 is 10.7. The molecule has 3 rings (SSSR count). The van der Waals surface area contributed by atoms with Crippen molar-refractivity contribution in [3.8, 4) is 11.5 Å². The Labute approximate surface area is 177 Å².